The lowest BCUT2D eigenvalue weighted by Crippen LogP contribution is -2.22. The van der Waals surface area contributed by atoms with Crippen LogP contribution < -0.4 is 10.1 Å². The molecule has 5 heteroatoms. The molecule has 25 heavy (non-hydrogen) atoms. The van der Waals surface area contributed by atoms with Gasteiger partial charge in [0.15, 0.2) is 0 Å². The highest BCUT2D eigenvalue weighted by Crippen LogP contribution is 2.21. The Morgan fingerprint density at radius 1 is 1.08 bits per heavy atom. The molecular formula is C20H24N2O3. The van der Waals surface area contributed by atoms with E-state index in [1.54, 1.807) is 56.6 Å². The molecule has 0 spiro atoms. The van der Waals surface area contributed by atoms with Gasteiger partial charge in [0.05, 0.1) is 12.2 Å². The van der Waals surface area contributed by atoms with Gasteiger partial charge in [-0.25, -0.2) is 0 Å². The molecule has 0 heterocycles. The van der Waals surface area contributed by atoms with E-state index >= 15 is 0 Å². The van der Waals surface area contributed by atoms with Crippen LogP contribution in [-0.2, 0) is 0 Å². The van der Waals surface area contributed by atoms with Crippen LogP contribution in [0.3, 0.4) is 0 Å². The smallest absolute Gasteiger partial charge is 0.259 e. The standard InChI is InChI=1S/C20H24N2O3/c1-4-5-13-25-18-12-7-6-11-17(18)19(23)21-16-10-8-9-15(14-16)20(24)22(2)3/h6-12,14H,4-5,13H2,1-3H3,(H,21,23). The zero-order chi connectivity index (χ0) is 18.2. The first-order valence-electron chi connectivity index (χ1n) is 8.37. The quantitative estimate of drug-likeness (QED) is 0.780. The molecule has 0 aliphatic carbocycles. The summed E-state index contributed by atoms with van der Waals surface area (Å²) in [5, 5.41) is 2.83. The topological polar surface area (TPSA) is 58.6 Å². The zero-order valence-corrected chi connectivity index (χ0v) is 14.9. The Morgan fingerprint density at radius 3 is 2.56 bits per heavy atom. The van der Waals surface area contributed by atoms with Crippen LogP contribution in [0.4, 0.5) is 5.69 Å². The molecule has 0 saturated carbocycles. The molecule has 1 N–H and O–H groups in total. The lowest BCUT2D eigenvalue weighted by atomic mass is 10.1. The van der Waals surface area contributed by atoms with Crippen LogP contribution in [0.5, 0.6) is 5.75 Å². The van der Waals surface area contributed by atoms with E-state index in [9.17, 15) is 9.59 Å². The van der Waals surface area contributed by atoms with Crippen molar-refractivity contribution in [3.63, 3.8) is 0 Å². The molecule has 0 aliphatic heterocycles. The van der Waals surface area contributed by atoms with E-state index < -0.39 is 0 Å². The summed E-state index contributed by atoms with van der Waals surface area (Å²) in [7, 11) is 3.38. The van der Waals surface area contributed by atoms with E-state index in [0.29, 0.717) is 29.2 Å². The van der Waals surface area contributed by atoms with Crippen LogP contribution in [0.25, 0.3) is 0 Å². The largest absolute Gasteiger partial charge is 0.493 e. The molecule has 132 valence electrons. The minimum atomic E-state index is -0.262. The van der Waals surface area contributed by atoms with E-state index in [0.717, 1.165) is 12.8 Å². The number of benzene rings is 2. The molecule has 0 unspecified atom stereocenters. The minimum Gasteiger partial charge on any atom is -0.493 e. The summed E-state index contributed by atoms with van der Waals surface area (Å²) in [6, 6.07) is 14.0. The lowest BCUT2D eigenvalue weighted by Gasteiger charge is -2.13. The van der Waals surface area contributed by atoms with Gasteiger partial charge >= 0.3 is 0 Å². The Balaban J connectivity index is 2.15. The highest BCUT2D eigenvalue weighted by molar-refractivity contribution is 6.06. The van der Waals surface area contributed by atoms with Gasteiger partial charge in [-0.05, 0) is 36.8 Å². The van der Waals surface area contributed by atoms with Gasteiger partial charge in [-0.3, -0.25) is 9.59 Å². The van der Waals surface area contributed by atoms with Gasteiger partial charge in [-0.2, -0.15) is 0 Å². The molecule has 2 amide bonds. The number of amides is 2. The summed E-state index contributed by atoms with van der Waals surface area (Å²) in [6.45, 7) is 2.66. The Morgan fingerprint density at radius 2 is 1.84 bits per heavy atom. The Bertz CT molecular complexity index is 741. The van der Waals surface area contributed by atoms with Crippen LogP contribution >= 0.6 is 0 Å². The second-order valence-electron chi connectivity index (χ2n) is 5.93. The van der Waals surface area contributed by atoms with Crippen molar-refractivity contribution in [2.24, 2.45) is 0 Å². The van der Waals surface area contributed by atoms with E-state index in [-0.39, 0.29) is 11.8 Å². The molecule has 0 aromatic heterocycles. The SMILES string of the molecule is CCCCOc1ccccc1C(=O)Nc1cccc(C(=O)N(C)C)c1. The van der Waals surface area contributed by atoms with E-state index in [1.165, 1.54) is 4.90 Å². The first-order valence-corrected chi connectivity index (χ1v) is 8.37. The third kappa shape index (κ3) is 5.08. The molecule has 2 aromatic rings. The van der Waals surface area contributed by atoms with Crippen molar-refractivity contribution in [1.82, 2.24) is 4.90 Å². The maximum absolute atomic E-state index is 12.6. The van der Waals surface area contributed by atoms with E-state index in [2.05, 4.69) is 12.2 Å². The molecule has 0 fully saturated rings. The molecule has 0 aliphatic rings. The molecule has 0 radical (unpaired) electrons. The van der Waals surface area contributed by atoms with Gasteiger partial charge in [0, 0.05) is 25.3 Å². The summed E-state index contributed by atoms with van der Waals surface area (Å²) >= 11 is 0. The number of nitrogens with zero attached hydrogens (tertiary/aromatic N) is 1. The number of carbonyl (C=O) groups excluding carboxylic acids is 2. The number of carbonyl (C=O) groups is 2. The fraction of sp³-hybridized carbons (Fsp3) is 0.300. The average Bonchev–Trinajstić information content (AvgIpc) is 2.61. The highest BCUT2D eigenvalue weighted by Gasteiger charge is 2.14. The number of hydrogen-bond acceptors (Lipinski definition) is 3. The molecule has 2 aromatic carbocycles. The maximum Gasteiger partial charge on any atom is 0.259 e. The number of nitrogens with one attached hydrogen (secondary N) is 1. The summed E-state index contributed by atoms with van der Waals surface area (Å²) < 4.78 is 5.71. The van der Waals surface area contributed by atoms with Gasteiger partial charge in [0.25, 0.3) is 11.8 Å². The second kappa shape index (κ2) is 8.87. The molecule has 0 bridgehead atoms. The van der Waals surface area contributed by atoms with Gasteiger partial charge in [-0.1, -0.05) is 31.5 Å². The van der Waals surface area contributed by atoms with Crippen LogP contribution in [0.1, 0.15) is 40.5 Å². The predicted octanol–water partition coefficient (Wildman–Crippen LogP) is 3.82. The van der Waals surface area contributed by atoms with Crippen molar-refractivity contribution in [3.05, 3.63) is 59.7 Å². The number of para-hydroxylation sites is 1. The van der Waals surface area contributed by atoms with Crippen molar-refractivity contribution in [3.8, 4) is 5.75 Å². The van der Waals surface area contributed by atoms with Gasteiger partial charge in [0.1, 0.15) is 5.75 Å². The van der Waals surface area contributed by atoms with Gasteiger partial charge in [-0.15, -0.1) is 0 Å². The number of ether oxygens (including phenoxy) is 1. The first-order chi connectivity index (χ1) is 12.0. The van der Waals surface area contributed by atoms with Crippen molar-refractivity contribution in [1.29, 1.82) is 0 Å². The van der Waals surface area contributed by atoms with Crippen LogP contribution in [0.15, 0.2) is 48.5 Å². The van der Waals surface area contributed by atoms with Crippen LogP contribution in [0, 0.1) is 0 Å². The summed E-state index contributed by atoms with van der Waals surface area (Å²) in [4.78, 5) is 26.1. The molecular weight excluding hydrogens is 316 g/mol. The Labute approximate surface area is 148 Å². The van der Waals surface area contributed by atoms with Crippen molar-refractivity contribution in [2.45, 2.75) is 19.8 Å². The minimum absolute atomic E-state index is 0.112. The fourth-order valence-electron chi connectivity index (χ4n) is 2.29. The third-order valence-corrected chi connectivity index (χ3v) is 3.66. The molecule has 5 nitrogen and oxygen atoms in total. The number of hydrogen-bond donors (Lipinski definition) is 1. The monoisotopic (exact) mass is 340 g/mol. The van der Waals surface area contributed by atoms with Crippen LogP contribution in [0.2, 0.25) is 0 Å². The van der Waals surface area contributed by atoms with E-state index in [1.807, 2.05) is 6.07 Å². The fourth-order valence-corrected chi connectivity index (χ4v) is 2.29. The van der Waals surface area contributed by atoms with E-state index in [4.69, 9.17) is 4.74 Å². The zero-order valence-electron chi connectivity index (χ0n) is 14.9. The van der Waals surface area contributed by atoms with Gasteiger partial charge < -0.3 is 15.0 Å². The number of unbranched alkanes of at least 4 members (excludes halogenated alkanes) is 1. The number of rotatable bonds is 7. The Hall–Kier alpha value is -2.82. The predicted molar refractivity (Wildman–Crippen MR) is 99.3 cm³/mol. The molecule has 0 saturated heterocycles. The summed E-state index contributed by atoms with van der Waals surface area (Å²) in [6.07, 6.45) is 1.96. The molecule has 2 rings (SSSR count). The lowest BCUT2D eigenvalue weighted by molar-refractivity contribution is 0.0827. The Kier molecular flexibility index (Phi) is 6.57. The maximum atomic E-state index is 12.6. The van der Waals surface area contributed by atoms with Gasteiger partial charge in [0.2, 0.25) is 0 Å². The normalized spacial score (nSPS) is 10.2. The number of anilines is 1. The summed E-state index contributed by atoms with van der Waals surface area (Å²) in [5.41, 5.74) is 1.57. The summed E-state index contributed by atoms with van der Waals surface area (Å²) in [5.74, 6) is 0.190. The van der Waals surface area contributed by atoms with Crippen LogP contribution in [-0.4, -0.2) is 37.4 Å². The van der Waals surface area contributed by atoms with Crippen molar-refractivity contribution < 1.29 is 14.3 Å². The third-order valence-electron chi connectivity index (χ3n) is 3.66. The van der Waals surface area contributed by atoms with Crippen molar-refractivity contribution >= 4 is 17.5 Å². The highest BCUT2D eigenvalue weighted by atomic mass is 16.5. The van der Waals surface area contributed by atoms with Crippen molar-refractivity contribution in [2.75, 3.05) is 26.0 Å². The average molecular weight is 340 g/mol. The molecule has 0 atom stereocenters. The first kappa shape index (κ1) is 18.5. The second-order valence-corrected chi connectivity index (χ2v) is 5.93.